The summed E-state index contributed by atoms with van der Waals surface area (Å²) in [4.78, 5) is 11.7. The summed E-state index contributed by atoms with van der Waals surface area (Å²) in [6.07, 6.45) is -4.67. The highest BCUT2D eigenvalue weighted by molar-refractivity contribution is 5.79. The maximum atomic E-state index is 12.3. The number of alkyl halides is 3. The lowest BCUT2D eigenvalue weighted by molar-refractivity contribution is -0.274. The smallest absolute Gasteiger partial charge is 0.406 e. The van der Waals surface area contributed by atoms with Crippen molar-refractivity contribution >= 4 is 5.91 Å². The summed E-state index contributed by atoms with van der Waals surface area (Å²) in [6.45, 7) is 2.24. The molecular formula is C13H17F3N2O2. The van der Waals surface area contributed by atoms with Gasteiger partial charge < -0.3 is 15.8 Å². The van der Waals surface area contributed by atoms with Gasteiger partial charge in [0.15, 0.2) is 0 Å². The predicted octanol–water partition coefficient (Wildman–Crippen LogP) is 1.84. The molecule has 0 aliphatic heterocycles. The van der Waals surface area contributed by atoms with E-state index < -0.39 is 12.3 Å². The summed E-state index contributed by atoms with van der Waals surface area (Å²) in [5.41, 5.74) is 5.80. The van der Waals surface area contributed by atoms with Crippen molar-refractivity contribution in [3.63, 3.8) is 0 Å². The van der Waals surface area contributed by atoms with Gasteiger partial charge in [-0.1, -0.05) is 18.2 Å². The molecule has 1 rings (SSSR count). The van der Waals surface area contributed by atoms with Crippen LogP contribution in [0.1, 0.15) is 12.5 Å². The summed E-state index contributed by atoms with van der Waals surface area (Å²) >= 11 is 0. The molecule has 1 amide bonds. The van der Waals surface area contributed by atoms with Gasteiger partial charge in [0.2, 0.25) is 5.91 Å². The highest BCUT2D eigenvalue weighted by Crippen LogP contribution is 2.27. The molecular weight excluding hydrogens is 273 g/mol. The molecule has 0 radical (unpaired) electrons. The Morgan fingerprint density at radius 3 is 2.60 bits per heavy atom. The van der Waals surface area contributed by atoms with E-state index in [2.05, 4.69) is 10.1 Å². The summed E-state index contributed by atoms with van der Waals surface area (Å²) < 4.78 is 40.8. The van der Waals surface area contributed by atoms with Crippen molar-refractivity contribution in [2.24, 2.45) is 11.7 Å². The van der Waals surface area contributed by atoms with Crippen molar-refractivity contribution in [2.75, 3.05) is 13.1 Å². The molecule has 0 fully saturated rings. The molecule has 0 aromatic heterocycles. The molecule has 0 saturated carbocycles. The van der Waals surface area contributed by atoms with Crippen LogP contribution in [0.4, 0.5) is 13.2 Å². The van der Waals surface area contributed by atoms with E-state index in [4.69, 9.17) is 5.73 Å². The largest absolute Gasteiger partial charge is 0.573 e. The molecule has 1 aromatic rings. The molecule has 0 bridgehead atoms. The first-order chi connectivity index (χ1) is 9.37. The molecule has 112 valence electrons. The Hall–Kier alpha value is -1.76. The number of hydrogen-bond donors (Lipinski definition) is 2. The van der Waals surface area contributed by atoms with Crippen LogP contribution in [0.3, 0.4) is 0 Å². The number of nitrogens with two attached hydrogens (primary N) is 1. The monoisotopic (exact) mass is 290 g/mol. The van der Waals surface area contributed by atoms with E-state index in [1.54, 1.807) is 13.0 Å². The average Bonchev–Trinajstić information content (AvgIpc) is 2.36. The van der Waals surface area contributed by atoms with E-state index in [1.165, 1.54) is 18.2 Å². The van der Waals surface area contributed by atoms with E-state index in [1.807, 2.05) is 0 Å². The van der Waals surface area contributed by atoms with Crippen LogP contribution in [0.5, 0.6) is 5.75 Å². The van der Waals surface area contributed by atoms with E-state index in [-0.39, 0.29) is 24.6 Å². The van der Waals surface area contributed by atoms with Crippen molar-refractivity contribution in [2.45, 2.75) is 19.7 Å². The standard InChI is InChI=1S/C13H17F3N2O2/c1-2-18-12(19)10(8-17)7-9-5-3-4-6-11(9)20-13(14,15)16/h3-6,10H,2,7-8,17H2,1H3,(H,18,19). The Labute approximate surface area is 115 Å². The Morgan fingerprint density at radius 2 is 2.05 bits per heavy atom. The van der Waals surface area contributed by atoms with Crippen LogP contribution in [0.2, 0.25) is 0 Å². The summed E-state index contributed by atoms with van der Waals surface area (Å²) in [7, 11) is 0. The number of carbonyl (C=O) groups excluding carboxylic acids is 1. The van der Waals surface area contributed by atoms with Gasteiger partial charge >= 0.3 is 6.36 Å². The average molecular weight is 290 g/mol. The second-order valence-corrected chi connectivity index (χ2v) is 4.19. The van der Waals surface area contributed by atoms with Gasteiger partial charge in [-0.25, -0.2) is 0 Å². The first-order valence-electron chi connectivity index (χ1n) is 6.18. The number of rotatable bonds is 6. The molecule has 0 aliphatic rings. The SMILES string of the molecule is CCNC(=O)C(CN)Cc1ccccc1OC(F)(F)F. The topological polar surface area (TPSA) is 64.4 Å². The molecule has 1 unspecified atom stereocenters. The number of benzene rings is 1. The van der Waals surface area contributed by atoms with Crippen molar-refractivity contribution in [3.05, 3.63) is 29.8 Å². The molecule has 0 saturated heterocycles. The summed E-state index contributed by atoms with van der Waals surface area (Å²) in [6, 6.07) is 5.73. The molecule has 3 N–H and O–H groups in total. The molecule has 20 heavy (non-hydrogen) atoms. The number of para-hydroxylation sites is 1. The maximum Gasteiger partial charge on any atom is 0.573 e. The van der Waals surface area contributed by atoms with E-state index in [0.717, 1.165) is 0 Å². The number of amides is 1. The number of nitrogens with one attached hydrogen (secondary N) is 1. The summed E-state index contributed by atoms with van der Waals surface area (Å²) in [5, 5.41) is 2.60. The van der Waals surface area contributed by atoms with Crippen molar-refractivity contribution in [1.82, 2.24) is 5.32 Å². The minimum Gasteiger partial charge on any atom is -0.406 e. The van der Waals surface area contributed by atoms with Crippen LogP contribution >= 0.6 is 0 Å². The lowest BCUT2D eigenvalue weighted by Gasteiger charge is -2.17. The van der Waals surface area contributed by atoms with Crippen molar-refractivity contribution < 1.29 is 22.7 Å². The van der Waals surface area contributed by atoms with E-state index >= 15 is 0 Å². The van der Waals surface area contributed by atoms with Gasteiger partial charge in [0.25, 0.3) is 0 Å². The van der Waals surface area contributed by atoms with E-state index in [0.29, 0.717) is 12.1 Å². The number of halogens is 3. The predicted molar refractivity (Wildman–Crippen MR) is 68.1 cm³/mol. The third-order valence-electron chi connectivity index (χ3n) is 2.67. The molecule has 0 spiro atoms. The minimum absolute atomic E-state index is 0.0478. The Morgan fingerprint density at radius 1 is 1.40 bits per heavy atom. The molecule has 0 aliphatic carbocycles. The van der Waals surface area contributed by atoms with Gasteiger partial charge in [-0.2, -0.15) is 0 Å². The highest BCUT2D eigenvalue weighted by Gasteiger charge is 2.32. The Kier molecular flexibility index (Phi) is 5.82. The van der Waals surface area contributed by atoms with Crippen LogP contribution in [0.15, 0.2) is 24.3 Å². The minimum atomic E-state index is -4.76. The zero-order valence-electron chi connectivity index (χ0n) is 11.0. The molecule has 7 heteroatoms. The molecule has 1 aromatic carbocycles. The Bertz CT molecular complexity index is 449. The lowest BCUT2D eigenvalue weighted by Crippen LogP contribution is -2.36. The van der Waals surface area contributed by atoms with Gasteiger partial charge in [-0.15, -0.1) is 13.2 Å². The number of hydrogen-bond acceptors (Lipinski definition) is 3. The lowest BCUT2D eigenvalue weighted by atomic mass is 9.98. The summed E-state index contributed by atoms with van der Waals surface area (Å²) in [5.74, 6) is -1.17. The molecule has 1 atom stereocenters. The first kappa shape index (κ1) is 16.3. The van der Waals surface area contributed by atoms with E-state index in [9.17, 15) is 18.0 Å². The fourth-order valence-corrected chi connectivity index (χ4v) is 1.76. The first-order valence-corrected chi connectivity index (χ1v) is 6.18. The molecule has 0 heterocycles. The number of ether oxygens (including phenoxy) is 1. The van der Waals surface area contributed by atoms with Crippen molar-refractivity contribution in [1.29, 1.82) is 0 Å². The number of carbonyl (C=O) groups is 1. The van der Waals surface area contributed by atoms with Gasteiger partial charge in [-0.05, 0) is 25.0 Å². The second kappa shape index (κ2) is 7.14. The van der Waals surface area contributed by atoms with Crippen LogP contribution in [0, 0.1) is 5.92 Å². The quantitative estimate of drug-likeness (QED) is 0.840. The Balaban J connectivity index is 2.87. The molecule has 4 nitrogen and oxygen atoms in total. The van der Waals surface area contributed by atoms with Crippen LogP contribution in [0.25, 0.3) is 0 Å². The zero-order valence-corrected chi connectivity index (χ0v) is 11.0. The van der Waals surface area contributed by atoms with Gasteiger partial charge in [0.1, 0.15) is 5.75 Å². The van der Waals surface area contributed by atoms with Gasteiger partial charge in [-0.3, -0.25) is 4.79 Å². The third-order valence-corrected chi connectivity index (χ3v) is 2.67. The van der Waals surface area contributed by atoms with Crippen LogP contribution in [-0.4, -0.2) is 25.4 Å². The maximum absolute atomic E-state index is 12.3. The fourth-order valence-electron chi connectivity index (χ4n) is 1.76. The fraction of sp³-hybridized carbons (Fsp3) is 0.462. The van der Waals surface area contributed by atoms with Crippen LogP contribution < -0.4 is 15.8 Å². The van der Waals surface area contributed by atoms with Crippen molar-refractivity contribution in [3.8, 4) is 5.75 Å². The highest BCUT2D eigenvalue weighted by atomic mass is 19.4. The third kappa shape index (κ3) is 5.08. The zero-order chi connectivity index (χ0) is 15.2. The normalized spacial score (nSPS) is 12.8. The second-order valence-electron chi connectivity index (χ2n) is 4.19. The van der Waals surface area contributed by atoms with Gasteiger partial charge in [0, 0.05) is 13.1 Å². The van der Waals surface area contributed by atoms with Crippen LogP contribution in [-0.2, 0) is 11.2 Å². The van der Waals surface area contributed by atoms with Gasteiger partial charge in [0.05, 0.1) is 5.92 Å².